The normalized spacial score (nSPS) is 23.9. The second-order valence-corrected chi connectivity index (χ2v) is 7.07. The second-order valence-electron chi connectivity index (χ2n) is 7.07. The van der Waals surface area contributed by atoms with Gasteiger partial charge in [0, 0.05) is 39.0 Å². The number of halogens is 2. The molecule has 2 aliphatic heterocycles. The molecule has 1 atom stereocenters. The summed E-state index contributed by atoms with van der Waals surface area (Å²) in [6.07, 6.45) is 1.30. The van der Waals surface area contributed by atoms with E-state index in [1.807, 2.05) is 18.2 Å². The Bertz CT molecular complexity index is 661. The number of hydrogen-bond acceptors (Lipinski definition) is 3. The molecule has 2 aliphatic rings. The van der Waals surface area contributed by atoms with Crippen molar-refractivity contribution in [3.05, 3.63) is 35.4 Å². The number of benzene rings is 1. The van der Waals surface area contributed by atoms with E-state index in [-0.39, 0.29) is 37.8 Å². The van der Waals surface area contributed by atoms with Crippen LogP contribution in [-0.2, 0) is 11.3 Å². The third-order valence-electron chi connectivity index (χ3n) is 5.12. The molecule has 0 bridgehead atoms. The summed E-state index contributed by atoms with van der Waals surface area (Å²) in [5.74, 6) is -2.72. The molecule has 0 saturated carbocycles. The highest BCUT2D eigenvalue weighted by molar-refractivity contribution is 5.79. The smallest absolute Gasteiger partial charge is 0.251 e. The number of piperidine rings is 2. The summed E-state index contributed by atoms with van der Waals surface area (Å²) in [7, 11) is 0. The lowest BCUT2D eigenvalue weighted by Gasteiger charge is -2.37. The van der Waals surface area contributed by atoms with Gasteiger partial charge in [0.05, 0.1) is 17.6 Å². The van der Waals surface area contributed by atoms with Crippen LogP contribution in [0.5, 0.6) is 0 Å². The molecule has 2 heterocycles. The maximum atomic E-state index is 13.3. The molecule has 6 heteroatoms. The van der Waals surface area contributed by atoms with Crippen molar-refractivity contribution in [2.75, 3.05) is 26.2 Å². The molecule has 134 valence electrons. The van der Waals surface area contributed by atoms with E-state index in [1.54, 1.807) is 11.0 Å². The van der Waals surface area contributed by atoms with Crippen molar-refractivity contribution >= 4 is 5.91 Å². The molecule has 4 nitrogen and oxygen atoms in total. The third kappa shape index (κ3) is 4.55. The molecule has 3 rings (SSSR count). The summed E-state index contributed by atoms with van der Waals surface area (Å²) in [4.78, 5) is 16.5. The maximum Gasteiger partial charge on any atom is 0.251 e. The Balaban J connectivity index is 1.57. The summed E-state index contributed by atoms with van der Waals surface area (Å²) < 4.78 is 26.6. The van der Waals surface area contributed by atoms with Gasteiger partial charge in [-0.25, -0.2) is 8.78 Å². The highest BCUT2D eigenvalue weighted by Crippen LogP contribution is 2.29. The lowest BCUT2D eigenvalue weighted by Crippen LogP contribution is -2.48. The fourth-order valence-electron chi connectivity index (χ4n) is 3.71. The van der Waals surface area contributed by atoms with Gasteiger partial charge in [-0.3, -0.25) is 9.69 Å². The van der Waals surface area contributed by atoms with Crippen molar-refractivity contribution in [1.29, 1.82) is 5.26 Å². The van der Waals surface area contributed by atoms with Crippen LogP contribution in [0.15, 0.2) is 24.3 Å². The van der Waals surface area contributed by atoms with E-state index in [1.165, 1.54) is 0 Å². The number of likely N-dealkylation sites (tertiary alicyclic amines) is 2. The molecule has 0 aliphatic carbocycles. The number of carbonyl (C=O) groups excluding carboxylic acids is 1. The summed E-state index contributed by atoms with van der Waals surface area (Å²) in [6, 6.07) is 9.64. The second kappa shape index (κ2) is 7.49. The lowest BCUT2D eigenvalue weighted by atomic mass is 9.94. The van der Waals surface area contributed by atoms with E-state index < -0.39 is 5.92 Å². The Morgan fingerprint density at radius 2 is 2.04 bits per heavy atom. The number of nitrogens with zero attached hydrogens (tertiary/aromatic N) is 3. The average molecular weight is 347 g/mol. The van der Waals surface area contributed by atoms with Crippen LogP contribution in [0.1, 0.15) is 36.8 Å². The quantitative estimate of drug-likeness (QED) is 0.844. The van der Waals surface area contributed by atoms with Gasteiger partial charge >= 0.3 is 0 Å². The first-order valence-corrected chi connectivity index (χ1v) is 8.85. The SMILES string of the molecule is N#Cc1cccc(CN2CCCC(C(=O)N3CCC(F)(F)CC3)C2)c1. The zero-order valence-corrected chi connectivity index (χ0v) is 14.3. The molecule has 0 spiro atoms. The molecule has 0 aromatic heterocycles. The van der Waals surface area contributed by atoms with Crippen molar-refractivity contribution in [1.82, 2.24) is 9.80 Å². The van der Waals surface area contributed by atoms with Gasteiger partial charge in [0.25, 0.3) is 5.92 Å². The highest BCUT2D eigenvalue weighted by Gasteiger charge is 2.38. The zero-order valence-electron chi connectivity index (χ0n) is 14.3. The molecule has 2 saturated heterocycles. The first-order chi connectivity index (χ1) is 12.0. The van der Waals surface area contributed by atoms with Gasteiger partial charge in [-0.2, -0.15) is 5.26 Å². The number of carbonyl (C=O) groups is 1. The Kier molecular flexibility index (Phi) is 5.33. The summed E-state index contributed by atoms with van der Waals surface area (Å²) in [5, 5.41) is 9.00. The predicted molar refractivity (Wildman–Crippen MR) is 89.9 cm³/mol. The van der Waals surface area contributed by atoms with E-state index in [9.17, 15) is 13.6 Å². The molecule has 1 amide bonds. The Hall–Kier alpha value is -2.00. The van der Waals surface area contributed by atoms with Gasteiger partial charge in [0.15, 0.2) is 0 Å². The number of alkyl halides is 2. The Morgan fingerprint density at radius 1 is 1.28 bits per heavy atom. The van der Waals surface area contributed by atoms with Crippen LogP contribution >= 0.6 is 0 Å². The van der Waals surface area contributed by atoms with Gasteiger partial charge < -0.3 is 4.90 Å². The van der Waals surface area contributed by atoms with E-state index in [0.29, 0.717) is 18.7 Å². The summed E-state index contributed by atoms with van der Waals surface area (Å²) in [5.41, 5.74) is 1.70. The molecule has 0 N–H and O–H groups in total. The number of amides is 1. The lowest BCUT2D eigenvalue weighted by molar-refractivity contribution is -0.143. The van der Waals surface area contributed by atoms with Gasteiger partial charge in [-0.15, -0.1) is 0 Å². The number of hydrogen-bond donors (Lipinski definition) is 0. The molecule has 0 radical (unpaired) electrons. The Labute approximate surface area is 147 Å². The fraction of sp³-hybridized carbons (Fsp3) is 0.579. The van der Waals surface area contributed by atoms with Crippen LogP contribution in [0.25, 0.3) is 0 Å². The van der Waals surface area contributed by atoms with Crippen LogP contribution in [0.2, 0.25) is 0 Å². The van der Waals surface area contributed by atoms with Crippen molar-refractivity contribution in [2.24, 2.45) is 5.92 Å². The molecule has 1 aromatic carbocycles. The third-order valence-corrected chi connectivity index (χ3v) is 5.12. The van der Waals surface area contributed by atoms with E-state index in [0.717, 1.165) is 24.9 Å². The minimum Gasteiger partial charge on any atom is -0.342 e. The van der Waals surface area contributed by atoms with E-state index in [2.05, 4.69) is 11.0 Å². The fourth-order valence-corrected chi connectivity index (χ4v) is 3.71. The first-order valence-electron chi connectivity index (χ1n) is 8.85. The van der Waals surface area contributed by atoms with Crippen molar-refractivity contribution < 1.29 is 13.6 Å². The van der Waals surface area contributed by atoms with Crippen LogP contribution in [-0.4, -0.2) is 47.8 Å². The van der Waals surface area contributed by atoms with Gasteiger partial charge in [0.2, 0.25) is 5.91 Å². The average Bonchev–Trinajstić information content (AvgIpc) is 2.61. The predicted octanol–water partition coefficient (Wildman–Crippen LogP) is 3.03. The molecule has 1 aromatic rings. The summed E-state index contributed by atoms with van der Waals surface area (Å²) >= 11 is 0. The summed E-state index contributed by atoms with van der Waals surface area (Å²) in [6.45, 7) is 2.59. The largest absolute Gasteiger partial charge is 0.342 e. The van der Waals surface area contributed by atoms with Gasteiger partial charge in [-0.1, -0.05) is 12.1 Å². The minimum atomic E-state index is -2.62. The molecular formula is C19H23F2N3O. The highest BCUT2D eigenvalue weighted by atomic mass is 19.3. The van der Waals surface area contributed by atoms with Crippen LogP contribution in [0, 0.1) is 17.2 Å². The standard InChI is InChI=1S/C19H23F2N3O/c20-19(21)6-9-24(10-7-19)18(25)17-5-2-8-23(14-17)13-16-4-1-3-15(11-16)12-22/h1,3-4,11,17H,2,5-10,13-14H2. The number of nitriles is 1. The van der Waals surface area contributed by atoms with E-state index in [4.69, 9.17) is 5.26 Å². The topological polar surface area (TPSA) is 47.3 Å². The van der Waals surface area contributed by atoms with Crippen LogP contribution in [0.3, 0.4) is 0 Å². The zero-order chi connectivity index (χ0) is 17.9. The Morgan fingerprint density at radius 3 is 2.76 bits per heavy atom. The van der Waals surface area contributed by atoms with Crippen molar-refractivity contribution in [2.45, 2.75) is 38.2 Å². The van der Waals surface area contributed by atoms with Gasteiger partial charge in [0.1, 0.15) is 0 Å². The minimum absolute atomic E-state index is 0.0194. The number of rotatable bonds is 3. The van der Waals surface area contributed by atoms with Crippen LogP contribution in [0.4, 0.5) is 8.78 Å². The molecule has 2 fully saturated rings. The monoisotopic (exact) mass is 347 g/mol. The molecule has 1 unspecified atom stereocenters. The van der Waals surface area contributed by atoms with Crippen LogP contribution < -0.4 is 0 Å². The van der Waals surface area contributed by atoms with Crippen molar-refractivity contribution in [3.8, 4) is 6.07 Å². The van der Waals surface area contributed by atoms with E-state index >= 15 is 0 Å². The maximum absolute atomic E-state index is 13.3. The molecule has 25 heavy (non-hydrogen) atoms. The van der Waals surface area contributed by atoms with Gasteiger partial charge in [-0.05, 0) is 37.1 Å². The first kappa shape index (κ1) is 17.8. The van der Waals surface area contributed by atoms with Crippen molar-refractivity contribution in [3.63, 3.8) is 0 Å². The molecular weight excluding hydrogens is 324 g/mol.